The molecule has 0 aromatic carbocycles. The average Bonchev–Trinajstić information content (AvgIpc) is 2.27. The number of nitrogens with zero attached hydrogens (tertiary/aromatic N) is 2. The molecule has 0 saturated carbocycles. The van der Waals surface area contributed by atoms with E-state index in [9.17, 15) is 0 Å². The molecule has 0 spiro atoms. The molecule has 4 nitrogen and oxygen atoms in total. The molecule has 0 aromatic heterocycles. The van der Waals surface area contributed by atoms with Crippen LogP contribution in [0.25, 0.3) is 0 Å². The Balaban J connectivity index is 3.08. The molecule has 15 heavy (non-hydrogen) atoms. The van der Waals surface area contributed by atoms with Crippen LogP contribution in [0.4, 0.5) is 0 Å². The highest BCUT2D eigenvalue weighted by atomic mass is 16.5. The van der Waals surface area contributed by atoms with Gasteiger partial charge in [-0.1, -0.05) is 13.8 Å². The maximum absolute atomic E-state index is 8.26. The zero-order valence-electron chi connectivity index (χ0n) is 9.87. The average molecular weight is 214 g/mol. The highest BCUT2D eigenvalue weighted by Gasteiger charge is 1.97. The second kappa shape index (κ2) is 11.4. The molecule has 0 unspecified atom stereocenters. The Hall–Kier alpha value is -0.630. The predicted molar refractivity (Wildman–Crippen MR) is 59.7 cm³/mol. The van der Waals surface area contributed by atoms with Crippen molar-refractivity contribution in [1.82, 2.24) is 4.90 Å². The van der Waals surface area contributed by atoms with E-state index in [4.69, 9.17) is 14.7 Å². The van der Waals surface area contributed by atoms with Crippen LogP contribution in [0.5, 0.6) is 0 Å². The number of hydrogen-bond acceptors (Lipinski definition) is 4. The van der Waals surface area contributed by atoms with Crippen molar-refractivity contribution in [3.63, 3.8) is 0 Å². The highest BCUT2D eigenvalue weighted by molar-refractivity contribution is 4.66. The van der Waals surface area contributed by atoms with Crippen molar-refractivity contribution < 1.29 is 9.47 Å². The van der Waals surface area contributed by atoms with E-state index in [0.29, 0.717) is 26.2 Å². The van der Waals surface area contributed by atoms with E-state index >= 15 is 0 Å². The monoisotopic (exact) mass is 214 g/mol. The molecule has 0 bridgehead atoms. The smallest absolute Gasteiger partial charge is 0.0701 e. The molecule has 0 atom stereocenters. The second-order valence-electron chi connectivity index (χ2n) is 3.16. The second-order valence-corrected chi connectivity index (χ2v) is 3.16. The summed E-state index contributed by atoms with van der Waals surface area (Å²) < 4.78 is 10.6. The summed E-state index contributed by atoms with van der Waals surface area (Å²) in [5.41, 5.74) is 0. The lowest BCUT2D eigenvalue weighted by Crippen LogP contribution is -2.27. The third kappa shape index (κ3) is 9.67. The van der Waals surface area contributed by atoms with Gasteiger partial charge in [-0.15, -0.1) is 0 Å². The van der Waals surface area contributed by atoms with E-state index < -0.39 is 0 Å². The zero-order chi connectivity index (χ0) is 11.4. The summed E-state index contributed by atoms with van der Waals surface area (Å²) in [6.07, 6.45) is 0.458. The number of rotatable bonds is 10. The molecule has 88 valence electrons. The topological polar surface area (TPSA) is 45.5 Å². The van der Waals surface area contributed by atoms with Gasteiger partial charge in [0.05, 0.1) is 38.9 Å². The van der Waals surface area contributed by atoms with Crippen LogP contribution < -0.4 is 0 Å². The van der Waals surface area contributed by atoms with Gasteiger partial charge in [0.2, 0.25) is 0 Å². The molecule has 0 aliphatic carbocycles. The van der Waals surface area contributed by atoms with E-state index in [1.165, 1.54) is 0 Å². The maximum Gasteiger partial charge on any atom is 0.0701 e. The van der Waals surface area contributed by atoms with Gasteiger partial charge >= 0.3 is 0 Å². The van der Waals surface area contributed by atoms with Crippen LogP contribution in [0.15, 0.2) is 0 Å². The molecule has 0 radical (unpaired) electrons. The first-order valence-electron chi connectivity index (χ1n) is 5.59. The fraction of sp³-hybridized carbons (Fsp3) is 0.909. The van der Waals surface area contributed by atoms with Crippen molar-refractivity contribution >= 4 is 0 Å². The van der Waals surface area contributed by atoms with Crippen LogP contribution in [0, 0.1) is 11.3 Å². The molecule has 0 aliphatic heterocycles. The van der Waals surface area contributed by atoms with Crippen LogP contribution in [0.3, 0.4) is 0 Å². The molecular formula is C11H22N2O2. The van der Waals surface area contributed by atoms with Crippen LogP contribution in [0.2, 0.25) is 0 Å². The summed E-state index contributed by atoms with van der Waals surface area (Å²) in [5.74, 6) is 0. The minimum atomic E-state index is 0.458. The van der Waals surface area contributed by atoms with Gasteiger partial charge < -0.3 is 14.4 Å². The third-order valence-electron chi connectivity index (χ3n) is 2.18. The Bertz CT molecular complexity index is 164. The molecule has 0 aliphatic rings. The fourth-order valence-electron chi connectivity index (χ4n) is 1.17. The van der Waals surface area contributed by atoms with Gasteiger partial charge in [0.1, 0.15) is 0 Å². The molecule has 0 amide bonds. The summed E-state index contributed by atoms with van der Waals surface area (Å²) in [5, 5.41) is 8.26. The van der Waals surface area contributed by atoms with Gasteiger partial charge in [-0.05, 0) is 13.1 Å². The SMILES string of the molecule is CCN(CC)CCOCCOCCC#N. The van der Waals surface area contributed by atoms with Crippen molar-refractivity contribution in [1.29, 1.82) is 5.26 Å². The molecular weight excluding hydrogens is 192 g/mol. The van der Waals surface area contributed by atoms with Gasteiger partial charge in [0.15, 0.2) is 0 Å². The van der Waals surface area contributed by atoms with Gasteiger partial charge in [-0.2, -0.15) is 5.26 Å². The van der Waals surface area contributed by atoms with Gasteiger partial charge in [0.25, 0.3) is 0 Å². The van der Waals surface area contributed by atoms with Crippen molar-refractivity contribution in [2.24, 2.45) is 0 Å². The number of ether oxygens (including phenoxy) is 2. The Kier molecular flexibility index (Phi) is 11.0. The van der Waals surface area contributed by atoms with E-state index in [1.54, 1.807) is 0 Å². The third-order valence-corrected chi connectivity index (χ3v) is 2.18. The van der Waals surface area contributed by atoms with Gasteiger partial charge in [-0.3, -0.25) is 0 Å². The molecule has 0 N–H and O–H groups in total. The molecule has 0 heterocycles. The number of hydrogen-bond donors (Lipinski definition) is 0. The largest absolute Gasteiger partial charge is 0.378 e. The fourth-order valence-corrected chi connectivity index (χ4v) is 1.17. The van der Waals surface area contributed by atoms with E-state index in [0.717, 1.165) is 26.2 Å². The van der Waals surface area contributed by atoms with Crippen LogP contribution in [-0.4, -0.2) is 51.0 Å². The van der Waals surface area contributed by atoms with Crippen LogP contribution in [-0.2, 0) is 9.47 Å². The van der Waals surface area contributed by atoms with Crippen LogP contribution >= 0.6 is 0 Å². The first-order valence-corrected chi connectivity index (χ1v) is 5.59. The lowest BCUT2D eigenvalue weighted by Gasteiger charge is -2.17. The molecule has 0 rings (SSSR count). The summed E-state index contributed by atoms with van der Waals surface area (Å²) >= 11 is 0. The first kappa shape index (κ1) is 14.4. The van der Waals surface area contributed by atoms with Crippen molar-refractivity contribution in [2.45, 2.75) is 20.3 Å². The summed E-state index contributed by atoms with van der Waals surface area (Å²) in [7, 11) is 0. The minimum absolute atomic E-state index is 0.458. The van der Waals surface area contributed by atoms with E-state index in [-0.39, 0.29) is 0 Å². The molecule has 0 fully saturated rings. The van der Waals surface area contributed by atoms with Crippen LogP contribution in [0.1, 0.15) is 20.3 Å². The van der Waals surface area contributed by atoms with Gasteiger partial charge in [0, 0.05) is 6.54 Å². The number of nitriles is 1. The Morgan fingerprint density at radius 2 is 1.60 bits per heavy atom. The van der Waals surface area contributed by atoms with Crippen molar-refractivity contribution in [2.75, 3.05) is 46.1 Å². The lowest BCUT2D eigenvalue weighted by atomic mass is 10.5. The lowest BCUT2D eigenvalue weighted by molar-refractivity contribution is 0.0413. The standard InChI is InChI=1S/C11H22N2O2/c1-3-13(4-2)7-9-15-11-10-14-8-5-6-12/h3-5,7-11H2,1-2H3. The Labute approximate surface area is 92.8 Å². The first-order chi connectivity index (χ1) is 7.35. The Morgan fingerprint density at radius 3 is 2.13 bits per heavy atom. The summed E-state index contributed by atoms with van der Waals surface area (Å²) in [6.45, 7) is 9.87. The Morgan fingerprint density at radius 1 is 1.00 bits per heavy atom. The molecule has 0 aromatic rings. The molecule has 0 saturated heterocycles. The minimum Gasteiger partial charge on any atom is -0.378 e. The van der Waals surface area contributed by atoms with Crippen molar-refractivity contribution in [3.05, 3.63) is 0 Å². The summed E-state index contributed by atoms with van der Waals surface area (Å²) in [6, 6.07) is 2.03. The van der Waals surface area contributed by atoms with E-state index in [2.05, 4.69) is 18.7 Å². The summed E-state index contributed by atoms with van der Waals surface area (Å²) in [4.78, 5) is 2.32. The van der Waals surface area contributed by atoms with E-state index in [1.807, 2.05) is 6.07 Å². The zero-order valence-corrected chi connectivity index (χ0v) is 9.87. The maximum atomic E-state index is 8.26. The van der Waals surface area contributed by atoms with Gasteiger partial charge in [-0.25, -0.2) is 0 Å². The number of likely N-dealkylation sites (N-methyl/N-ethyl adjacent to an activating group) is 1. The quantitative estimate of drug-likeness (QED) is 0.514. The molecule has 4 heteroatoms. The predicted octanol–water partition coefficient (Wildman–Crippen LogP) is 1.28. The van der Waals surface area contributed by atoms with Crippen molar-refractivity contribution in [3.8, 4) is 6.07 Å². The normalized spacial score (nSPS) is 10.5. The highest BCUT2D eigenvalue weighted by Crippen LogP contribution is 1.87.